The predicted molar refractivity (Wildman–Crippen MR) is 32.0 cm³/mol. The van der Waals surface area contributed by atoms with Crippen molar-refractivity contribution in [3.05, 3.63) is 11.2 Å². The summed E-state index contributed by atoms with van der Waals surface area (Å²) in [5, 5.41) is 0. The molecule has 0 amide bonds. The van der Waals surface area contributed by atoms with Gasteiger partial charge in [-0.05, 0) is 4.99 Å². The van der Waals surface area contributed by atoms with Crippen LogP contribution in [0, 0.1) is 0 Å². The molecule has 12 heavy (non-hydrogen) atoms. The monoisotopic (exact) mass is 257 g/mol. The number of hydrogen-bond acceptors (Lipinski definition) is 1. The Morgan fingerprint density at radius 3 is 1.33 bits per heavy atom. The summed E-state index contributed by atoms with van der Waals surface area (Å²) in [6.07, 6.45) is -11.1. The predicted octanol–water partition coefficient (Wildman–Crippen LogP) is 3.19. The molecule has 0 fully saturated rings. The first kappa shape index (κ1) is 11.6. The summed E-state index contributed by atoms with van der Waals surface area (Å²) >= 11 is 2.31. The zero-order chi connectivity index (χ0) is 9.99. The number of rotatable bonds is 1. The van der Waals surface area contributed by atoms with Crippen LogP contribution in [0.2, 0.25) is 0 Å². The van der Waals surface area contributed by atoms with Crippen LogP contribution in [-0.2, 0) is 0 Å². The minimum atomic E-state index is -5.46. The van der Waals surface area contributed by atoms with Crippen LogP contribution >= 0.6 is 15.9 Å². The molecule has 0 aromatic rings. The van der Waals surface area contributed by atoms with Crippen molar-refractivity contribution in [1.82, 2.24) is 4.90 Å². The van der Waals surface area contributed by atoms with Crippen LogP contribution in [0.3, 0.4) is 0 Å². The first-order chi connectivity index (χ1) is 5.19. The minimum Gasteiger partial charge on any atom is -0.200 e. The van der Waals surface area contributed by atoms with Gasteiger partial charge in [-0.2, -0.15) is 4.90 Å². The molecule has 0 rings (SSSR count). The Labute approximate surface area is 71.8 Å². The van der Waals surface area contributed by atoms with Gasteiger partial charge < -0.3 is 0 Å². The summed E-state index contributed by atoms with van der Waals surface area (Å²) in [5.41, 5.74) is 0. The van der Waals surface area contributed by atoms with Gasteiger partial charge in [0.1, 0.15) is 0 Å². The number of hydrogen-bond donors (Lipinski definition) is 0. The van der Waals surface area contributed by atoms with Gasteiger partial charge in [-0.1, -0.05) is 15.9 Å². The molecule has 0 N–H and O–H groups in total. The van der Waals surface area contributed by atoms with Crippen LogP contribution in [0.15, 0.2) is 11.2 Å². The van der Waals surface area contributed by atoms with E-state index in [0.717, 1.165) is 0 Å². The summed E-state index contributed by atoms with van der Waals surface area (Å²) in [6, 6.07) is 0. The van der Waals surface area contributed by atoms with E-state index in [1.165, 1.54) is 0 Å². The molecule has 0 unspecified atom stereocenters. The van der Waals surface area contributed by atoms with E-state index in [-0.39, 0.29) is 6.20 Å². The first-order valence-electron chi connectivity index (χ1n) is 2.39. The highest BCUT2D eigenvalue weighted by molar-refractivity contribution is 9.11. The fraction of sp³-hybridized carbons (Fsp3) is 0.500. The third-order valence-corrected chi connectivity index (χ3v) is 0.988. The first-order valence-corrected chi connectivity index (χ1v) is 3.31. The molecule has 0 aromatic heterocycles. The summed E-state index contributed by atoms with van der Waals surface area (Å²) < 4.78 is 69.2. The SMILES string of the molecule is FC(F)(F)N(/C=C/Br)C(F)(F)F. The van der Waals surface area contributed by atoms with Gasteiger partial charge in [0.2, 0.25) is 0 Å². The third-order valence-electron chi connectivity index (χ3n) is 0.752. The van der Waals surface area contributed by atoms with Gasteiger partial charge >= 0.3 is 12.6 Å². The quantitative estimate of drug-likeness (QED) is 0.515. The van der Waals surface area contributed by atoms with Crippen LogP contribution in [-0.4, -0.2) is 17.5 Å². The third kappa shape index (κ3) is 3.33. The Morgan fingerprint density at radius 1 is 0.917 bits per heavy atom. The van der Waals surface area contributed by atoms with Crippen LogP contribution in [0.4, 0.5) is 26.3 Å². The number of alkyl halides is 6. The van der Waals surface area contributed by atoms with Crippen molar-refractivity contribution in [3.63, 3.8) is 0 Å². The molecule has 0 heterocycles. The molecular weight excluding hydrogens is 256 g/mol. The maximum atomic E-state index is 11.5. The molecule has 0 saturated carbocycles. The second-order valence-corrected chi connectivity index (χ2v) is 2.11. The zero-order valence-corrected chi connectivity index (χ0v) is 6.83. The van der Waals surface area contributed by atoms with Crippen molar-refractivity contribution in [2.45, 2.75) is 12.6 Å². The normalized spacial score (nSPS) is 13.9. The van der Waals surface area contributed by atoms with Gasteiger partial charge in [-0.3, -0.25) is 0 Å². The average molecular weight is 258 g/mol. The molecule has 0 spiro atoms. The fourth-order valence-corrected chi connectivity index (χ4v) is 0.606. The highest BCUT2D eigenvalue weighted by atomic mass is 79.9. The van der Waals surface area contributed by atoms with Crippen molar-refractivity contribution >= 4 is 15.9 Å². The summed E-state index contributed by atoms with van der Waals surface area (Å²) in [6.45, 7) is 0. The number of nitrogens with zero attached hydrogens (tertiary/aromatic N) is 1. The van der Waals surface area contributed by atoms with Crippen LogP contribution in [0.5, 0.6) is 0 Å². The Balaban J connectivity index is 4.69. The Kier molecular flexibility index (Phi) is 3.43. The molecule has 72 valence electrons. The fourth-order valence-electron chi connectivity index (χ4n) is 0.369. The topological polar surface area (TPSA) is 3.24 Å². The summed E-state index contributed by atoms with van der Waals surface area (Å²) in [4.78, 5) is -1.21. The zero-order valence-electron chi connectivity index (χ0n) is 5.25. The molecule has 8 heteroatoms. The lowest BCUT2D eigenvalue weighted by molar-refractivity contribution is -0.353. The Hall–Kier alpha value is -0.400. The second-order valence-electron chi connectivity index (χ2n) is 1.58. The lowest BCUT2D eigenvalue weighted by Crippen LogP contribution is -2.43. The van der Waals surface area contributed by atoms with Crippen molar-refractivity contribution in [3.8, 4) is 0 Å². The lowest BCUT2D eigenvalue weighted by atomic mass is 10.7. The lowest BCUT2D eigenvalue weighted by Gasteiger charge is -2.24. The maximum Gasteiger partial charge on any atom is 0.491 e. The summed E-state index contributed by atoms with van der Waals surface area (Å²) in [5.74, 6) is 0. The largest absolute Gasteiger partial charge is 0.491 e. The van der Waals surface area contributed by atoms with Gasteiger partial charge in [-0.25, -0.2) is 0 Å². The van der Waals surface area contributed by atoms with Gasteiger partial charge in [0.25, 0.3) is 0 Å². The summed E-state index contributed by atoms with van der Waals surface area (Å²) in [7, 11) is 0. The second kappa shape index (κ2) is 3.55. The highest BCUT2D eigenvalue weighted by Crippen LogP contribution is 2.33. The van der Waals surface area contributed by atoms with Gasteiger partial charge in [0.05, 0.1) is 0 Å². The van der Waals surface area contributed by atoms with E-state index in [4.69, 9.17) is 0 Å². The maximum absolute atomic E-state index is 11.5. The molecule has 1 nitrogen and oxygen atoms in total. The van der Waals surface area contributed by atoms with Crippen molar-refractivity contribution in [2.24, 2.45) is 0 Å². The van der Waals surface area contributed by atoms with E-state index in [1.54, 1.807) is 0 Å². The molecule has 0 bridgehead atoms. The van der Waals surface area contributed by atoms with Gasteiger partial charge in [-0.15, -0.1) is 26.3 Å². The molecule has 0 aliphatic rings. The standard InChI is InChI=1S/C4H2BrF6N/c5-1-2-12(3(6,7)8)4(9,10)11/h1-2H/b2-1+. The van der Waals surface area contributed by atoms with Gasteiger partial charge in [0, 0.05) is 6.20 Å². The van der Waals surface area contributed by atoms with Crippen molar-refractivity contribution in [2.75, 3.05) is 0 Å². The molecule has 0 atom stereocenters. The van der Waals surface area contributed by atoms with Crippen LogP contribution in [0.1, 0.15) is 0 Å². The van der Waals surface area contributed by atoms with E-state index in [9.17, 15) is 26.3 Å². The molecule has 0 aliphatic carbocycles. The van der Waals surface area contributed by atoms with Crippen LogP contribution < -0.4 is 0 Å². The Morgan fingerprint density at radius 2 is 1.25 bits per heavy atom. The van der Waals surface area contributed by atoms with Crippen LogP contribution in [0.25, 0.3) is 0 Å². The molecule has 0 radical (unpaired) electrons. The van der Waals surface area contributed by atoms with Gasteiger partial charge in [0.15, 0.2) is 0 Å². The molecule has 0 aliphatic heterocycles. The minimum absolute atomic E-state index is 0.167. The van der Waals surface area contributed by atoms with E-state index >= 15 is 0 Å². The van der Waals surface area contributed by atoms with E-state index in [2.05, 4.69) is 15.9 Å². The molecule has 0 aromatic carbocycles. The highest BCUT2D eigenvalue weighted by Gasteiger charge is 2.51. The number of halogens is 7. The van der Waals surface area contributed by atoms with E-state index in [1.807, 2.05) is 0 Å². The average Bonchev–Trinajstić information content (AvgIpc) is 1.77. The van der Waals surface area contributed by atoms with E-state index < -0.39 is 17.5 Å². The molecular formula is C4H2BrF6N. The smallest absolute Gasteiger partial charge is 0.200 e. The van der Waals surface area contributed by atoms with E-state index in [0.29, 0.717) is 4.99 Å². The molecule has 0 saturated heterocycles. The van der Waals surface area contributed by atoms with Crippen molar-refractivity contribution < 1.29 is 26.3 Å². The Bertz CT molecular complexity index is 155. The van der Waals surface area contributed by atoms with Crippen molar-refractivity contribution in [1.29, 1.82) is 0 Å².